The van der Waals surface area contributed by atoms with Crippen LogP contribution in [0.5, 0.6) is 17.4 Å². The summed E-state index contributed by atoms with van der Waals surface area (Å²) in [7, 11) is -1.46. The molecule has 2 N–H and O–H groups in total. The smallest absolute Gasteiger partial charge is 0.422 e. The summed E-state index contributed by atoms with van der Waals surface area (Å²) < 4.78 is 87.3. The molecule has 0 unspecified atom stereocenters. The zero-order valence-corrected chi connectivity index (χ0v) is 22.0. The van der Waals surface area contributed by atoms with E-state index in [0.717, 1.165) is 0 Å². The standard InChI is InChI=1S/C22H27ClF3N3O8S/c1-34-9-3-7-28-38(32,33)29(21(30)31)8-6-15-4-5-17(36-11-10-35-2)13-19(15)37-20-18(23)12-16(14-27-20)22(24,25)26/h4-5,12-14,28H,3,6-11H2,1-2H3,(H,30,31). The van der Waals surface area contributed by atoms with Crippen LogP contribution in [0.2, 0.25) is 5.02 Å². The van der Waals surface area contributed by atoms with Crippen molar-refractivity contribution in [1.29, 1.82) is 0 Å². The van der Waals surface area contributed by atoms with Crippen molar-refractivity contribution < 1.29 is 50.4 Å². The first-order chi connectivity index (χ1) is 17.9. The Kier molecular flexibility index (Phi) is 11.8. The number of alkyl halides is 3. The molecule has 0 fully saturated rings. The Bertz CT molecular complexity index is 1180. The van der Waals surface area contributed by atoms with Crippen LogP contribution in [-0.4, -0.2) is 76.0 Å². The number of pyridine rings is 1. The lowest BCUT2D eigenvalue weighted by Gasteiger charge is -2.20. The van der Waals surface area contributed by atoms with E-state index in [1.165, 1.54) is 32.4 Å². The third kappa shape index (κ3) is 9.47. The van der Waals surface area contributed by atoms with Crippen LogP contribution in [0.1, 0.15) is 17.5 Å². The molecule has 1 heterocycles. The van der Waals surface area contributed by atoms with Crippen molar-refractivity contribution >= 4 is 27.9 Å². The third-order valence-electron chi connectivity index (χ3n) is 4.83. The van der Waals surface area contributed by atoms with Crippen LogP contribution in [0.25, 0.3) is 0 Å². The van der Waals surface area contributed by atoms with Gasteiger partial charge in [-0.25, -0.2) is 9.78 Å². The molecule has 11 nitrogen and oxygen atoms in total. The number of amides is 1. The molecule has 0 radical (unpaired) electrons. The molecule has 1 aromatic heterocycles. The van der Waals surface area contributed by atoms with Crippen LogP contribution in [0.15, 0.2) is 30.5 Å². The van der Waals surface area contributed by atoms with Crippen LogP contribution in [-0.2, 0) is 32.3 Å². The van der Waals surface area contributed by atoms with E-state index in [2.05, 4.69) is 9.71 Å². The van der Waals surface area contributed by atoms with Gasteiger partial charge in [0, 0.05) is 46.2 Å². The molecule has 1 aromatic carbocycles. The predicted molar refractivity (Wildman–Crippen MR) is 130 cm³/mol. The Morgan fingerprint density at radius 3 is 2.47 bits per heavy atom. The molecule has 0 aliphatic carbocycles. The highest BCUT2D eigenvalue weighted by molar-refractivity contribution is 7.87. The minimum Gasteiger partial charge on any atom is -0.491 e. The molecule has 1 amide bonds. The fraction of sp³-hybridized carbons (Fsp3) is 0.455. The zero-order valence-electron chi connectivity index (χ0n) is 20.5. The number of methoxy groups -OCH3 is 2. The van der Waals surface area contributed by atoms with Crippen LogP contribution in [0.4, 0.5) is 18.0 Å². The maximum absolute atomic E-state index is 13.0. The topological polar surface area (TPSA) is 137 Å². The SMILES string of the molecule is COCCCNS(=O)(=O)N(CCc1ccc(OCCOC)cc1Oc1ncc(C(F)(F)F)cc1Cl)C(=O)O. The molecule has 0 aliphatic rings. The molecule has 0 bridgehead atoms. The third-order valence-corrected chi connectivity index (χ3v) is 6.59. The van der Waals surface area contributed by atoms with Crippen molar-refractivity contribution in [2.45, 2.75) is 19.0 Å². The van der Waals surface area contributed by atoms with E-state index in [1.54, 1.807) is 0 Å². The molecule has 0 saturated heterocycles. The highest BCUT2D eigenvalue weighted by Gasteiger charge is 2.32. The van der Waals surface area contributed by atoms with Crippen LogP contribution < -0.4 is 14.2 Å². The van der Waals surface area contributed by atoms with Crippen molar-refractivity contribution in [1.82, 2.24) is 14.0 Å². The van der Waals surface area contributed by atoms with Gasteiger partial charge in [-0.1, -0.05) is 17.7 Å². The fourth-order valence-electron chi connectivity index (χ4n) is 2.96. The fourth-order valence-corrected chi connectivity index (χ4v) is 4.27. The number of carbonyl (C=O) groups is 1. The van der Waals surface area contributed by atoms with Crippen LogP contribution in [0.3, 0.4) is 0 Å². The van der Waals surface area contributed by atoms with Gasteiger partial charge in [0.1, 0.15) is 23.1 Å². The molecule has 38 heavy (non-hydrogen) atoms. The number of halogens is 4. The monoisotopic (exact) mass is 585 g/mol. The molecule has 2 rings (SSSR count). The molecular weight excluding hydrogens is 559 g/mol. The van der Waals surface area contributed by atoms with Crippen molar-refractivity contribution in [3.8, 4) is 17.4 Å². The first kappa shape index (κ1) is 31.4. The summed E-state index contributed by atoms with van der Waals surface area (Å²) in [5, 5.41) is 9.06. The Balaban J connectivity index is 2.30. The normalized spacial score (nSPS) is 11.8. The number of hydrogen-bond acceptors (Lipinski definition) is 8. The molecule has 16 heteroatoms. The van der Waals surface area contributed by atoms with Crippen molar-refractivity contribution in [3.05, 3.63) is 46.6 Å². The van der Waals surface area contributed by atoms with Gasteiger partial charge in [-0.05, 0) is 30.5 Å². The summed E-state index contributed by atoms with van der Waals surface area (Å²) in [6.07, 6.45) is -5.66. The Labute approximate surface area is 222 Å². The Hall–Kier alpha value is -2.85. The maximum Gasteiger partial charge on any atom is 0.422 e. The van der Waals surface area contributed by atoms with Crippen molar-refractivity contribution in [2.24, 2.45) is 0 Å². The summed E-state index contributed by atoms with van der Waals surface area (Å²) in [4.78, 5) is 15.3. The quantitative estimate of drug-likeness (QED) is 0.298. The summed E-state index contributed by atoms with van der Waals surface area (Å²) in [5.74, 6) is -0.0336. The van der Waals surface area contributed by atoms with Crippen molar-refractivity contribution in [2.75, 3.05) is 47.1 Å². The maximum atomic E-state index is 13.0. The van der Waals surface area contributed by atoms with Gasteiger partial charge in [0.05, 0.1) is 12.2 Å². The molecular formula is C22H27ClF3N3O8S. The molecule has 0 saturated carbocycles. The lowest BCUT2D eigenvalue weighted by Crippen LogP contribution is -2.45. The van der Waals surface area contributed by atoms with Gasteiger partial charge in [0.15, 0.2) is 0 Å². The minimum absolute atomic E-state index is 0.0184. The first-order valence-electron chi connectivity index (χ1n) is 11.0. The summed E-state index contributed by atoms with van der Waals surface area (Å²) in [6.45, 7) is 0.181. The van der Waals surface area contributed by atoms with Gasteiger partial charge in [-0.15, -0.1) is 0 Å². The Morgan fingerprint density at radius 2 is 1.87 bits per heavy atom. The number of nitrogens with one attached hydrogen (secondary N) is 1. The van der Waals surface area contributed by atoms with Gasteiger partial charge in [0.25, 0.3) is 0 Å². The molecule has 0 atom stereocenters. The summed E-state index contributed by atoms with van der Waals surface area (Å²) in [5.41, 5.74) is -0.769. The van der Waals surface area contributed by atoms with Gasteiger partial charge < -0.3 is 24.1 Å². The lowest BCUT2D eigenvalue weighted by atomic mass is 10.1. The van der Waals surface area contributed by atoms with E-state index in [0.29, 0.717) is 30.0 Å². The zero-order chi connectivity index (χ0) is 28.3. The van der Waals surface area contributed by atoms with E-state index in [-0.39, 0.29) is 48.7 Å². The Morgan fingerprint density at radius 1 is 1.16 bits per heavy atom. The average Bonchev–Trinajstić information content (AvgIpc) is 2.83. The largest absolute Gasteiger partial charge is 0.491 e. The van der Waals surface area contributed by atoms with E-state index >= 15 is 0 Å². The number of carboxylic acid groups (broad SMARTS) is 1. The number of rotatable bonds is 15. The van der Waals surface area contributed by atoms with E-state index in [9.17, 15) is 31.5 Å². The summed E-state index contributed by atoms with van der Waals surface area (Å²) in [6, 6.07) is 5.07. The van der Waals surface area contributed by atoms with Crippen molar-refractivity contribution in [3.63, 3.8) is 0 Å². The number of benzene rings is 1. The second-order valence-corrected chi connectivity index (χ2v) is 9.66. The van der Waals surface area contributed by atoms with E-state index < -0.39 is 39.6 Å². The number of nitrogens with zero attached hydrogens (tertiary/aromatic N) is 2. The minimum atomic E-state index is -4.67. The second-order valence-electron chi connectivity index (χ2n) is 7.57. The second kappa shape index (κ2) is 14.3. The molecule has 2 aromatic rings. The number of aromatic nitrogens is 1. The number of ether oxygens (including phenoxy) is 4. The van der Waals surface area contributed by atoms with Crippen LogP contribution in [0, 0.1) is 0 Å². The first-order valence-corrected chi connectivity index (χ1v) is 12.8. The lowest BCUT2D eigenvalue weighted by molar-refractivity contribution is -0.137. The molecule has 0 spiro atoms. The summed E-state index contributed by atoms with van der Waals surface area (Å²) >= 11 is 5.96. The highest BCUT2D eigenvalue weighted by Crippen LogP contribution is 2.36. The van der Waals surface area contributed by atoms with Crippen LogP contribution >= 0.6 is 11.6 Å². The highest BCUT2D eigenvalue weighted by atomic mass is 35.5. The predicted octanol–water partition coefficient (Wildman–Crippen LogP) is 3.96. The molecule has 0 aliphatic heterocycles. The molecule has 212 valence electrons. The van der Waals surface area contributed by atoms with Gasteiger partial charge in [-0.2, -0.15) is 30.6 Å². The van der Waals surface area contributed by atoms with E-state index in [1.807, 2.05) is 0 Å². The average molecular weight is 586 g/mol. The van der Waals surface area contributed by atoms with E-state index in [4.69, 9.17) is 30.5 Å². The van der Waals surface area contributed by atoms with Gasteiger partial charge >= 0.3 is 22.5 Å². The van der Waals surface area contributed by atoms with Gasteiger partial charge in [-0.3, -0.25) is 0 Å². The van der Waals surface area contributed by atoms with Gasteiger partial charge in [0.2, 0.25) is 5.88 Å². The number of hydrogen-bond donors (Lipinski definition) is 2.